The van der Waals surface area contributed by atoms with Crippen molar-refractivity contribution in [1.82, 2.24) is 9.55 Å². The Bertz CT molecular complexity index is 878. The van der Waals surface area contributed by atoms with E-state index in [9.17, 15) is 9.59 Å². The Labute approximate surface area is 162 Å². The van der Waals surface area contributed by atoms with E-state index in [-0.39, 0.29) is 11.3 Å². The van der Waals surface area contributed by atoms with Crippen LogP contribution in [0.2, 0.25) is 0 Å². The maximum atomic E-state index is 13.5. The van der Waals surface area contributed by atoms with E-state index in [4.69, 9.17) is 4.98 Å². The SMILES string of the molecule is CC(=O)CCCSc1nc2sc3c(c2c(=O)n1C1CCCC1)CCCC3. The first kappa shape index (κ1) is 18.2. The molecule has 26 heavy (non-hydrogen) atoms. The molecule has 2 heterocycles. The molecule has 0 saturated heterocycles. The van der Waals surface area contributed by atoms with Gasteiger partial charge in [0.15, 0.2) is 5.16 Å². The van der Waals surface area contributed by atoms with Gasteiger partial charge in [0.05, 0.1) is 5.39 Å². The zero-order chi connectivity index (χ0) is 18.1. The van der Waals surface area contributed by atoms with Crippen molar-refractivity contribution >= 4 is 39.1 Å². The number of nitrogens with zero attached hydrogens (tertiary/aromatic N) is 2. The molecule has 0 spiro atoms. The predicted octanol–water partition coefficient (Wildman–Crippen LogP) is 4.91. The lowest BCUT2D eigenvalue weighted by Crippen LogP contribution is -2.26. The average Bonchev–Trinajstić information content (AvgIpc) is 3.25. The van der Waals surface area contributed by atoms with Crippen molar-refractivity contribution in [3.8, 4) is 0 Å². The van der Waals surface area contributed by atoms with E-state index in [1.54, 1.807) is 30.0 Å². The molecule has 2 aromatic rings. The first-order valence-electron chi connectivity index (χ1n) is 9.84. The third-order valence-corrected chi connectivity index (χ3v) is 7.81. The summed E-state index contributed by atoms with van der Waals surface area (Å²) >= 11 is 3.39. The molecule has 0 atom stereocenters. The molecule has 0 N–H and O–H groups in total. The van der Waals surface area contributed by atoms with Gasteiger partial charge in [0.1, 0.15) is 10.6 Å². The Morgan fingerprint density at radius 2 is 2.00 bits per heavy atom. The Kier molecular flexibility index (Phi) is 5.50. The summed E-state index contributed by atoms with van der Waals surface area (Å²) in [5.41, 5.74) is 1.48. The highest BCUT2D eigenvalue weighted by atomic mass is 32.2. The molecule has 6 heteroatoms. The van der Waals surface area contributed by atoms with Gasteiger partial charge in [-0.15, -0.1) is 11.3 Å². The first-order valence-corrected chi connectivity index (χ1v) is 11.6. The summed E-state index contributed by atoms with van der Waals surface area (Å²) in [6.07, 6.45) is 10.6. The smallest absolute Gasteiger partial charge is 0.263 e. The number of aromatic nitrogens is 2. The van der Waals surface area contributed by atoms with Gasteiger partial charge in [-0.05, 0) is 57.4 Å². The highest BCUT2D eigenvalue weighted by Gasteiger charge is 2.26. The van der Waals surface area contributed by atoms with Crippen molar-refractivity contribution in [3.05, 3.63) is 20.8 Å². The molecule has 0 aliphatic heterocycles. The summed E-state index contributed by atoms with van der Waals surface area (Å²) < 4.78 is 2.01. The third-order valence-electron chi connectivity index (χ3n) is 5.58. The van der Waals surface area contributed by atoms with Crippen LogP contribution >= 0.6 is 23.1 Å². The van der Waals surface area contributed by atoms with Gasteiger partial charge in [-0.1, -0.05) is 24.6 Å². The molecule has 0 unspecified atom stereocenters. The van der Waals surface area contributed by atoms with Gasteiger partial charge in [-0.2, -0.15) is 0 Å². The van der Waals surface area contributed by atoms with Crippen molar-refractivity contribution < 1.29 is 4.79 Å². The standard InChI is InChI=1S/C20H26N2O2S2/c1-13(23)7-6-12-25-20-21-18-17(15-10-4-5-11-16(15)26-18)19(24)22(20)14-8-2-3-9-14/h14H,2-12H2,1H3. The number of carbonyl (C=O) groups is 1. The average molecular weight is 391 g/mol. The number of Topliss-reactive ketones (excluding diaryl/α,β-unsaturated/α-hetero) is 1. The van der Waals surface area contributed by atoms with Gasteiger partial charge >= 0.3 is 0 Å². The minimum absolute atomic E-state index is 0.190. The number of carbonyl (C=O) groups excluding carboxylic acids is 1. The molecular weight excluding hydrogens is 364 g/mol. The highest BCUT2D eigenvalue weighted by Crippen LogP contribution is 2.37. The van der Waals surface area contributed by atoms with Crippen LogP contribution in [-0.2, 0) is 17.6 Å². The molecule has 2 aliphatic carbocycles. The van der Waals surface area contributed by atoms with Crippen LogP contribution in [0.1, 0.15) is 74.8 Å². The maximum Gasteiger partial charge on any atom is 0.263 e. The van der Waals surface area contributed by atoms with Crippen molar-refractivity contribution in [3.63, 3.8) is 0 Å². The van der Waals surface area contributed by atoms with Crippen LogP contribution in [0.15, 0.2) is 9.95 Å². The molecule has 140 valence electrons. The van der Waals surface area contributed by atoms with Crippen LogP contribution in [0.3, 0.4) is 0 Å². The largest absolute Gasteiger partial charge is 0.300 e. The van der Waals surface area contributed by atoms with E-state index in [1.165, 1.54) is 36.1 Å². The van der Waals surface area contributed by atoms with E-state index in [0.29, 0.717) is 12.5 Å². The molecule has 4 rings (SSSR count). The molecule has 2 aliphatic rings. The van der Waals surface area contributed by atoms with Gasteiger partial charge < -0.3 is 4.79 Å². The summed E-state index contributed by atoms with van der Waals surface area (Å²) in [5, 5.41) is 1.78. The van der Waals surface area contributed by atoms with E-state index in [1.807, 2.05) is 4.57 Å². The van der Waals surface area contributed by atoms with E-state index in [2.05, 4.69) is 0 Å². The topological polar surface area (TPSA) is 52.0 Å². The summed E-state index contributed by atoms with van der Waals surface area (Å²) in [6.45, 7) is 1.64. The van der Waals surface area contributed by atoms with Crippen molar-refractivity contribution in [2.75, 3.05) is 5.75 Å². The van der Waals surface area contributed by atoms with Gasteiger partial charge in [0, 0.05) is 23.1 Å². The minimum atomic E-state index is 0.190. The highest BCUT2D eigenvalue weighted by molar-refractivity contribution is 7.99. The number of rotatable bonds is 6. The minimum Gasteiger partial charge on any atom is -0.300 e. The van der Waals surface area contributed by atoms with Gasteiger partial charge in [-0.25, -0.2) is 4.98 Å². The second-order valence-electron chi connectivity index (χ2n) is 7.55. The molecule has 0 aromatic carbocycles. The normalized spacial score (nSPS) is 17.7. The molecule has 4 nitrogen and oxygen atoms in total. The zero-order valence-electron chi connectivity index (χ0n) is 15.4. The number of thioether (sulfide) groups is 1. The summed E-state index contributed by atoms with van der Waals surface area (Å²) in [7, 11) is 0. The zero-order valence-corrected chi connectivity index (χ0v) is 17.0. The van der Waals surface area contributed by atoms with Gasteiger partial charge in [0.25, 0.3) is 5.56 Å². The summed E-state index contributed by atoms with van der Waals surface area (Å²) in [6, 6.07) is 0.300. The fraction of sp³-hybridized carbons (Fsp3) is 0.650. The quantitative estimate of drug-likeness (QED) is 0.399. The fourth-order valence-corrected chi connectivity index (χ4v) is 6.58. The number of fused-ring (bicyclic) bond motifs is 3. The number of ketones is 1. The van der Waals surface area contributed by atoms with Gasteiger partial charge in [0.2, 0.25) is 0 Å². The molecule has 1 fully saturated rings. The van der Waals surface area contributed by atoms with Crippen LogP contribution in [-0.4, -0.2) is 21.1 Å². The molecule has 0 amide bonds. The van der Waals surface area contributed by atoms with Gasteiger partial charge in [-0.3, -0.25) is 9.36 Å². The summed E-state index contributed by atoms with van der Waals surface area (Å²) in [5.74, 6) is 1.07. The molecule has 0 bridgehead atoms. The van der Waals surface area contributed by atoms with Crippen molar-refractivity contribution in [2.45, 2.75) is 82.3 Å². The maximum absolute atomic E-state index is 13.5. The van der Waals surface area contributed by atoms with Crippen LogP contribution in [0, 0.1) is 0 Å². The monoisotopic (exact) mass is 390 g/mol. The van der Waals surface area contributed by atoms with Crippen LogP contribution in [0.5, 0.6) is 0 Å². The fourth-order valence-electron chi connectivity index (χ4n) is 4.27. The molecule has 1 saturated carbocycles. The molecule has 0 radical (unpaired) electrons. The number of hydrogen-bond donors (Lipinski definition) is 0. The lowest BCUT2D eigenvalue weighted by Gasteiger charge is -2.18. The lowest BCUT2D eigenvalue weighted by molar-refractivity contribution is -0.117. The lowest BCUT2D eigenvalue weighted by atomic mass is 9.97. The molecular formula is C20H26N2O2S2. The van der Waals surface area contributed by atoms with Crippen molar-refractivity contribution in [2.24, 2.45) is 0 Å². The third kappa shape index (κ3) is 3.50. The number of hydrogen-bond acceptors (Lipinski definition) is 5. The molecule has 2 aromatic heterocycles. The van der Waals surface area contributed by atoms with Crippen LogP contribution in [0.4, 0.5) is 0 Å². The number of thiophene rings is 1. The Hall–Kier alpha value is -1.14. The second-order valence-corrected chi connectivity index (χ2v) is 9.70. The Morgan fingerprint density at radius 3 is 2.77 bits per heavy atom. The van der Waals surface area contributed by atoms with Crippen molar-refractivity contribution in [1.29, 1.82) is 0 Å². The Morgan fingerprint density at radius 1 is 1.23 bits per heavy atom. The Balaban J connectivity index is 1.74. The van der Waals surface area contributed by atoms with Crippen LogP contribution in [0.25, 0.3) is 10.2 Å². The predicted molar refractivity (Wildman–Crippen MR) is 109 cm³/mol. The number of aryl methyl sites for hydroxylation is 2. The van der Waals surface area contributed by atoms with E-state index in [0.717, 1.165) is 53.2 Å². The van der Waals surface area contributed by atoms with E-state index >= 15 is 0 Å². The second kappa shape index (κ2) is 7.85. The van der Waals surface area contributed by atoms with E-state index < -0.39 is 0 Å². The first-order chi connectivity index (χ1) is 12.6. The summed E-state index contributed by atoms with van der Waals surface area (Å²) in [4.78, 5) is 31.9. The van der Waals surface area contributed by atoms with Crippen LogP contribution < -0.4 is 5.56 Å².